The number of hydrogen-bond acceptors (Lipinski definition) is 8. The van der Waals surface area contributed by atoms with Gasteiger partial charge in [-0.2, -0.15) is 0 Å². The fourth-order valence-electron chi connectivity index (χ4n) is 7.14. The zero-order valence-electron chi connectivity index (χ0n) is 24.3. The van der Waals surface area contributed by atoms with Crippen molar-refractivity contribution in [3.05, 3.63) is 58.1 Å². The molecule has 2 aliphatic heterocycles. The summed E-state index contributed by atoms with van der Waals surface area (Å²) >= 11 is 0. The number of likely N-dealkylation sites (tertiary alicyclic amines) is 1. The molecule has 0 saturated carbocycles. The summed E-state index contributed by atoms with van der Waals surface area (Å²) in [5.41, 5.74) is 8.07. The fourth-order valence-corrected chi connectivity index (χ4v) is 7.14. The van der Waals surface area contributed by atoms with E-state index in [1.165, 1.54) is 10.8 Å². The van der Waals surface area contributed by atoms with Crippen LogP contribution in [0.4, 0.5) is 20.2 Å². The average molecular weight is 603 g/mol. The van der Waals surface area contributed by atoms with Gasteiger partial charge >= 0.3 is 5.97 Å². The molecule has 1 aromatic carbocycles. The SMILES string of the molecule is CNc1cc(F)c(F)c2c1[nH]c1ncc(-c3cnc4c(c3)c(=O)c(C(=O)O)cn4C)c(N3CC[C@H]4CN(CCCN)C[C@H]43)c12. The van der Waals surface area contributed by atoms with Crippen molar-refractivity contribution in [1.29, 1.82) is 0 Å². The number of hydrogen-bond donors (Lipinski definition) is 4. The number of nitrogens with one attached hydrogen (secondary N) is 2. The van der Waals surface area contributed by atoms with Gasteiger partial charge in [0.1, 0.15) is 16.9 Å². The van der Waals surface area contributed by atoms with Gasteiger partial charge in [0.25, 0.3) is 0 Å². The smallest absolute Gasteiger partial charge is 0.341 e. The number of carboxylic acids is 1. The summed E-state index contributed by atoms with van der Waals surface area (Å²) in [4.78, 5) is 42.1. The van der Waals surface area contributed by atoms with E-state index in [-0.39, 0.29) is 22.4 Å². The van der Waals surface area contributed by atoms with Crippen LogP contribution in [0.1, 0.15) is 23.2 Å². The Bertz CT molecular complexity index is 2040. The van der Waals surface area contributed by atoms with Crippen molar-refractivity contribution < 1.29 is 18.7 Å². The number of aryl methyl sites for hydroxylation is 1. The first-order chi connectivity index (χ1) is 21.2. The van der Waals surface area contributed by atoms with Crippen molar-refractivity contribution in [1.82, 2.24) is 24.4 Å². The molecule has 6 heterocycles. The number of carbonyl (C=O) groups is 1. The maximum absolute atomic E-state index is 15.8. The molecular weight excluding hydrogens is 570 g/mol. The van der Waals surface area contributed by atoms with Crippen LogP contribution in [-0.4, -0.2) is 81.3 Å². The van der Waals surface area contributed by atoms with Gasteiger partial charge in [-0.15, -0.1) is 0 Å². The number of aromatic carboxylic acids is 1. The highest BCUT2D eigenvalue weighted by molar-refractivity contribution is 6.18. The predicted molar refractivity (Wildman–Crippen MR) is 165 cm³/mol. The van der Waals surface area contributed by atoms with E-state index in [4.69, 9.17) is 5.73 Å². The molecule has 0 radical (unpaired) electrons. The lowest BCUT2D eigenvalue weighted by molar-refractivity contribution is 0.0695. The van der Waals surface area contributed by atoms with Crippen molar-refractivity contribution in [2.45, 2.75) is 18.9 Å². The summed E-state index contributed by atoms with van der Waals surface area (Å²) in [6.07, 6.45) is 6.33. The molecular formula is C31H32F2N8O3. The molecule has 2 saturated heterocycles. The predicted octanol–water partition coefficient (Wildman–Crippen LogP) is 3.51. The molecule has 0 spiro atoms. The molecule has 0 bridgehead atoms. The van der Waals surface area contributed by atoms with E-state index in [0.717, 1.165) is 38.5 Å². The second kappa shape index (κ2) is 10.5. The summed E-state index contributed by atoms with van der Waals surface area (Å²) in [6.45, 7) is 3.92. The summed E-state index contributed by atoms with van der Waals surface area (Å²) < 4.78 is 32.3. The number of H-pyrrole nitrogens is 1. The molecule has 2 fully saturated rings. The monoisotopic (exact) mass is 602 g/mol. The van der Waals surface area contributed by atoms with Crippen LogP contribution in [0.15, 0.2) is 35.5 Å². The van der Waals surface area contributed by atoms with Gasteiger partial charge in [0.2, 0.25) is 5.43 Å². The Morgan fingerprint density at radius 3 is 2.77 bits per heavy atom. The van der Waals surface area contributed by atoms with Gasteiger partial charge in [-0.05, 0) is 37.9 Å². The molecule has 2 atom stereocenters. The third-order valence-electron chi connectivity index (χ3n) is 9.18. The van der Waals surface area contributed by atoms with Gasteiger partial charge in [0, 0.05) is 75.6 Å². The number of carboxylic acid groups (broad SMARTS) is 1. The maximum Gasteiger partial charge on any atom is 0.341 e. The summed E-state index contributed by atoms with van der Waals surface area (Å²) in [6, 6.07) is 2.85. The van der Waals surface area contributed by atoms with Crippen molar-refractivity contribution in [3.8, 4) is 11.1 Å². The first-order valence-electron chi connectivity index (χ1n) is 14.6. The molecule has 44 heavy (non-hydrogen) atoms. The number of anilines is 2. The van der Waals surface area contributed by atoms with Gasteiger partial charge < -0.3 is 35.5 Å². The topological polar surface area (TPSA) is 145 Å². The second-order valence-electron chi connectivity index (χ2n) is 11.7. The highest BCUT2D eigenvalue weighted by Gasteiger charge is 2.43. The Morgan fingerprint density at radius 2 is 2.02 bits per heavy atom. The fraction of sp³-hybridized carbons (Fsp3) is 0.355. The van der Waals surface area contributed by atoms with Crippen LogP contribution in [0.5, 0.6) is 0 Å². The molecule has 0 amide bonds. The Labute approximate surface area is 250 Å². The Morgan fingerprint density at radius 1 is 1.20 bits per heavy atom. The number of nitrogens with two attached hydrogens (primary N) is 1. The largest absolute Gasteiger partial charge is 0.477 e. The van der Waals surface area contributed by atoms with Gasteiger partial charge in [-0.1, -0.05) is 0 Å². The highest BCUT2D eigenvalue weighted by atomic mass is 19.2. The minimum absolute atomic E-state index is 0.0907. The maximum atomic E-state index is 15.8. The first-order valence-corrected chi connectivity index (χ1v) is 14.6. The van der Waals surface area contributed by atoms with Crippen molar-refractivity contribution in [2.24, 2.45) is 18.7 Å². The van der Waals surface area contributed by atoms with E-state index in [1.807, 2.05) is 0 Å². The minimum atomic E-state index is -1.33. The third-order valence-corrected chi connectivity index (χ3v) is 9.18. The van der Waals surface area contributed by atoms with Crippen LogP contribution in [0.25, 0.3) is 44.1 Å². The molecule has 5 N–H and O–H groups in total. The van der Waals surface area contributed by atoms with Crippen LogP contribution in [0.3, 0.4) is 0 Å². The lowest BCUT2D eigenvalue weighted by atomic mass is 9.99. The summed E-state index contributed by atoms with van der Waals surface area (Å²) in [5.74, 6) is -2.91. The highest BCUT2D eigenvalue weighted by Crippen LogP contribution is 2.47. The zero-order valence-corrected chi connectivity index (χ0v) is 24.3. The number of nitrogens with zero attached hydrogens (tertiary/aromatic N) is 5. The van der Waals surface area contributed by atoms with Crippen LogP contribution >= 0.6 is 0 Å². The standard InChI is InChI=1S/C31H32F2N8O3/c1-35-21-9-20(32)25(33)23-24-27(41-7-4-15-12-40(6-3-5-34)14-22(15)41)18(11-36-29(24)38-26(21)23)16-8-17-28(42)19(31(43)44)13-39(2)30(17)37-10-16/h8-11,13,15,22,35H,3-7,12,14,34H2,1-2H3,(H,36,38)(H,43,44)/t15-,22+/m0/s1. The molecule has 11 nitrogen and oxygen atoms in total. The number of rotatable bonds is 7. The number of aromatic amines is 1. The molecule has 2 aliphatic rings. The van der Waals surface area contributed by atoms with Crippen LogP contribution < -0.4 is 21.4 Å². The normalized spacial score (nSPS) is 18.6. The first kappa shape index (κ1) is 28.2. The average Bonchev–Trinajstić information content (AvgIpc) is 3.72. The van der Waals surface area contributed by atoms with Crippen molar-refractivity contribution in [2.75, 3.05) is 50.0 Å². The molecule has 228 valence electrons. The molecule has 7 rings (SSSR count). The number of aromatic nitrogens is 4. The number of pyridine rings is 3. The van der Waals surface area contributed by atoms with Crippen molar-refractivity contribution >= 4 is 50.3 Å². The zero-order chi connectivity index (χ0) is 30.9. The third kappa shape index (κ3) is 4.21. The van der Waals surface area contributed by atoms with E-state index >= 15 is 8.78 Å². The Balaban J connectivity index is 1.51. The molecule has 5 aromatic rings. The lowest BCUT2D eigenvalue weighted by Gasteiger charge is -2.30. The minimum Gasteiger partial charge on any atom is -0.477 e. The van der Waals surface area contributed by atoms with Gasteiger partial charge in [-0.25, -0.2) is 23.5 Å². The van der Waals surface area contributed by atoms with Crippen LogP contribution in [0, 0.1) is 17.6 Å². The number of fused-ring (bicyclic) bond motifs is 5. The Hall–Kier alpha value is -4.62. The summed E-state index contributed by atoms with van der Waals surface area (Å²) in [7, 11) is 3.27. The quantitative estimate of drug-likeness (QED) is 0.220. The van der Waals surface area contributed by atoms with Crippen molar-refractivity contribution in [3.63, 3.8) is 0 Å². The van der Waals surface area contributed by atoms with E-state index < -0.39 is 23.0 Å². The van der Waals surface area contributed by atoms with E-state index in [2.05, 4.69) is 30.1 Å². The lowest BCUT2D eigenvalue weighted by Crippen LogP contribution is -2.36. The van der Waals surface area contributed by atoms with E-state index in [1.54, 1.807) is 32.6 Å². The van der Waals surface area contributed by atoms with Crippen LogP contribution in [-0.2, 0) is 7.05 Å². The van der Waals surface area contributed by atoms with Gasteiger partial charge in [-0.3, -0.25) is 4.79 Å². The number of halogens is 2. The van der Waals surface area contributed by atoms with E-state index in [0.29, 0.717) is 63.7 Å². The van der Waals surface area contributed by atoms with E-state index in [9.17, 15) is 14.7 Å². The molecule has 4 aromatic heterocycles. The number of benzene rings is 1. The summed E-state index contributed by atoms with van der Waals surface area (Å²) in [5, 5.41) is 13.3. The van der Waals surface area contributed by atoms with Crippen LogP contribution in [0.2, 0.25) is 0 Å². The second-order valence-corrected chi connectivity index (χ2v) is 11.7. The van der Waals surface area contributed by atoms with Gasteiger partial charge in [0.05, 0.1) is 33.1 Å². The van der Waals surface area contributed by atoms with Gasteiger partial charge in [0.15, 0.2) is 11.6 Å². The molecule has 13 heteroatoms. The Kier molecular flexibility index (Phi) is 6.74. The molecule has 0 unspecified atom stereocenters. The molecule has 0 aliphatic carbocycles.